The molecule has 0 N–H and O–H groups in total. The van der Waals surface area contributed by atoms with Crippen molar-refractivity contribution >= 4 is 17.6 Å². The van der Waals surface area contributed by atoms with E-state index in [1.54, 1.807) is 0 Å². The minimum Gasteiger partial charge on any atom is -0.496 e. The highest BCUT2D eigenvalue weighted by atomic mass is 16.6. The molecule has 0 heterocycles. The van der Waals surface area contributed by atoms with E-state index in [1.807, 2.05) is 0 Å². The first kappa shape index (κ1) is 16.4. The van der Waals surface area contributed by atoms with Crippen LogP contribution in [-0.4, -0.2) is 49.5 Å². The van der Waals surface area contributed by atoms with Gasteiger partial charge in [-0.1, -0.05) is 0 Å². The van der Waals surface area contributed by atoms with Crippen molar-refractivity contribution < 1.29 is 24.0 Å². The first-order chi connectivity index (χ1) is 9.90. The smallest absolute Gasteiger partial charge is 0.307 e. The van der Waals surface area contributed by atoms with Crippen molar-refractivity contribution in [3.63, 3.8) is 0 Å². The fraction of sp³-hybridized carbons (Fsp3) is 0.385. The van der Waals surface area contributed by atoms with E-state index in [-0.39, 0.29) is 30.0 Å². The molecule has 8 nitrogen and oxygen atoms in total. The number of nitro benzene ring substituents is 1. The molecule has 1 aromatic carbocycles. The molecule has 0 radical (unpaired) electrons. The van der Waals surface area contributed by atoms with Crippen molar-refractivity contribution in [2.75, 3.05) is 27.8 Å². The third-order valence-corrected chi connectivity index (χ3v) is 2.85. The lowest BCUT2D eigenvalue weighted by Crippen LogP contribution is -2.29. The monoisotopic (exact) mass is 296 g/mol. The van der Waals surface area contributed by atoms with E-state index in [2.05, 4.69) is 4.74 Å². The van der Waals surface area contributed by atoms with Crippen LogP contribution in [0.5, 0.6) is 5.75 Å². The quantitative estimate of drug-likeness (QED) is 0.445. The van der Waals surface area contributed by atoms with Crippen LogP contribution in [0.1, 0.15) is 16.8 Å². The standard InChI is InChI=1S/C13H16N2O6/c1-14(7-6-12(16)21-3)13(17)10-5-4-9(15(18)19)8-11(10)20-2/h4-5,8H,6-7H2,1-3H3. The van der Waals surface area contributed by atoms with Crippen LogP contribution in [0.25, 0.3) is 0 Å². The number of carbonyl (C=O) groups excluding carboxylic acids is 2. The largest absolute Gasteiger partial charge is 0.496 e. The molecule has 0 aliphatic carbocycles. The molecule has 1 amide bonds. The maximum atomic E-state index is 12.2. The zero-order valence-electron chi connectivity index (χ0n) is 12.0. The summed E-state index contributed by atoms with van der Waals surface area (Å²) in [5.41, 5.74) is 0.0241. The summed E-state index contributed by atoms with van der Waals surface area (Å²) in [4.78, 5) is 34.7. The van der Waals surface area contributed by atoms with Crippen molar-refractivity contribution in [3.05, 3.63) is 33.9 Å². The van der Waals surface area contributed by atoms with Gasteiger partial charge in [-0.2, -0.15) is 0 Å². The molecule has 0 aliphatic heterocycles. The Bertz CT molecular complexity index is 558. The Kier molecular flexibility index (Phi) is 5.65. The Hall–Kier alpha value is -2.64. The number of ether oxygens (including phenoxy) is 2. The summed E-state index contributed by atoms with van der Waals surface area (Å²) in [7, 11) is 4.11. The number of methoxy groups -OCH3 is 2. The molecule has 0 aliphatic rings. The van der Waals surface area contributed by atoms with Crippen LogP contribution in [0.4, 0.5) is 5.69 Å². The van der Waals surface area contributed by atoms with E-state index in [0.717, 1.165) is 0 Å². The lowest BCUT2D eigenvalue weighted by molar-refractivity contribution is -0.384. The number of non-ortho nitro benzene ring substituents is 1. The number of esters is 1. The van der Waals surface area contributed by atoms with Crippen LogP contribution in [0.3, 0.4) is 0 Å². The van der Waals surface area contributed by atoms with E-state index in [9.17, 15) is 19.7 Å². The Morgan fingerprint density at radius 2 is 2.00 bits per heavy atom. The summed E-state index contributed by atoms with van der Waals surface area (Å²) in [6, 6.07) is 3.74. The van der Waals surface area contributed by atoms with E-state index in [4.69, 9.17) is 4.74 Å². The average Bonchev–Trinajstić information content (AvgIpc) is 2.50. The first-order valence-corrected chi connectivity index (χ1v) is 6.05. The maximum Gasteiger partial charge on any atom is 0.307 e. The third kappa shape index (κ3) is 4.16. The molecular formula is C13H16N2O6. The van der Waals surface area contributed by atoms with Gasteiger partial charge in [0.05, 0.1) is 37.2 Å². The summed E-state index contributed by atoms with van der Waals surface area (Å²) in [5.74, 6) is -0.713. The molecular weight excluding hydrogens is 280 g/mol. The van der Waals surface area contributed by atoms with Crippen LogP contribution < -0.4 is 4.74 Å². The van der Waals surface area contributed by atoms with Crippen LogP contribution in [0, 0.1) is 10.1 Å². The normalized spacial score (nSPS) is 9.86. The van der Waals surface area contributed by atoms with Crippen molar-refractivity contribution in [2.45, 2.75) is 6.42 Å². The topological polar surface area (TPSA) is 99.0 Å². The molecule has 0 saturated heterocycles. The number of nitro groups is 1. The molecule has 0 spiro atoms. The Morgan fingerprint density at radius 3 is 2.52 bits per heavy atom. The second-order valence-corrected chi connectivity index (χ2v) is 4.19. The molecule has 0 unspecified atom stereocenters. The maximum absolute atomic E-state index is 12.2. The predicted molar refractivity (Wildman–Crippen MR) is 73.2 cm³/mol. The lowest BCUT2D eigenvalue weighted by atomic mass is 10.1. The summed E-state index contributed by atoms with van der Waals surface area (Å²) < 4.78 is 9.51. The SMILES string of the molecule is COC(=O)CCN(C)C(=O)c1ccc([N+](=O)[O-])cc1OC. The minimum absolute atomic E-state index is 0.0635. The number of hydrogen-bond donors (Lipinski definition) is 0. The molecule has 0 fully saturated rings. The molecule has 0 bridgehead atoms. The summed E-state index contributed by atoms with van der Waals surface area (Å²) >= 11 is 0. The van der Waals surface area contributed by atoms with Gasteiger partial charge in [0.1, 0.15) is 5.75 Å². The lowest BCUT2D eigenvalue weighted by Gasteiger charge is -2.17. The zero-order chi connectivity index (χ0) is 16.0. The highest BCUT2D eigenvalue weighted by Crippen LogP contribution is 2.25. The van der Waals surface area contributed by atoms with Gasteiger partial charge in [0.15, 0.2) is 0 Å². The van der Waals surface area contributed by atoms with Gasteiger partial charge in [-0.15, -0.1) is 0 Å². The van der Waals surface area contributed by atoms with Crippen molar-refractivity contribution in [1.82, 2.24) is 4.90 Å². The Balaban J connectivity index is 2.91. The Labute approximate surface area is 121 Å². The third-order valence-electron chi connectivity index (χ3n) is 2.85. The molecule has 0 aromatic heterocycles. The average molecular weight is 296 g/mol. The number of amides is 1. The number of nitrogens with zero attached hydrogens (tertiary/aromatic N) is 2. The van der Waals surface area contributed by atoms with Gasteiger partial charge < -0.3 is 14.4 Å². The number of benzene rings is 1. The second kappa shape index (κ2) is 7.22. The molecule has 8 heteroatoms. The van der Waals surface area contributed by atoms with Crippen molar-refractivity contribution in [2.24, 2.45) is 0 Å². The Morgan fingerprint density at radius 1 is 1.33 bits per heavy atom. The van der Waals surface area contributed by atoms with E-state index in [1.165, 1.54) is 44.4 Å². The fourth-order valence-corrected chi connectivity index (χ4v) is 1.64. The highest BCUT2D eigenvalue weighted by molar-refractivity contribution is 5.97. The van der Waals surface area contributed by atoms with Gasteiger partial charge in [-0.05, 0) is 6.07 Å². The van der Waals surface area contributed by atoms with Gasteiger partial charge in [0.25, 0.3) is 11.6 Å². The summed E-state index contributed by atoms with van der Waals surface area (Å²) in [6.07, 6.45) is 0.0635. The van der Waals surface area contributed by atoms with Gasteiger partial charge in [0, 0.05) is 19.7 Å². The van der Waals surface area contributed by atoms with Gasteiger partial charge in [-0.3, -0.25) is 19.7 Å². The van der Waals surface area contributed by atoms with Gasteiger partial charge >= 0.3 is 5.97 Å². The van der Waals surface area contributed by atoms with Crippen LogP contribution in [-0.2, 0) is 9.53 Å². The van der Waals surface area contributed by atoms with Gasteiger partial charge in [0.2, 0.25) is 0 Å². The number of hydrogen-bond acceptors (Lipinski definition) is 6. The van der Waals surface area contributed by atoms with Crippen LogP contribution in [0.2, 0.25) is 0 Å². The van der Waals surface area contributed by atoms with E-state index in [0.29, 0.717) is 0 Å². The summed E-state index contributed by atoms with van der Waals surface area (Å²) in [5, 5.41) is 10.7. The van der Waals surface area contributed by atoms with Crippen LogP contribution in [0.15, 0.2) is 18.2 Å². The van der Waals surface area contributed by atoms with Gasteiger partial charge in [-0.25, -0.2) is 0 Å². The summed E-state index contributed by atoms with van der Waals surface area (Å²) in [6.45, 7) is 0.172. The second-order valence-electron chi connectivity index (χ2n) is 4.19. The molecule has 1 aromatic rings. The molecule has 0 saturated carbocycles. The molecule has 21 heavy (non-hydrogen) atoms. The predicted octanol–water partition coefficient (Wildman–Crippen LogP) is 1.24. The molecule has 0 atom stereocenters. The number of carbonyl (C=O) groups is 2. The number of rotatable bonds is 6. The highest BCUT2D eigenvalue weighted by Gasteiger charge is 2.20. The molecule has 1 rings (SSSR count). The van der Waals surface area contributed by atoms with E-state index >= 15 is 0 Å². The van der Waals surface area contributed by atoms with Crippen LogP contribution >= 0.6 is 0 Å². The minimum atomic E-state index is -0.572. The van der Waals surface area contributed by atoms with Crippen molar-refractivity contribution in [1.29, 1.82) is 0 Å². The molecule has 114 valence electrons. The van der Waals surface area contributed by atoms with E-state index < -0.39 is 16.8 Å². The first-order valence-electron chi connectivity index (χ1n) is 6.05. The fourth-order valence-electron chi connectivity index (χ4n) is 1.64. The zero-order valence-corrected chi connectivity index (χ0v) is 12.0. The van der Waals surface area contributed by atoms with Crippen molar-refractivity contribution in [3.8, 4) is 5.75 Å².